The molecule has 0 unspecified atom stereocenters. The van der Waals surface area contributed by atoms with Gasteiger partial charge >= 0.3 is 6.03 Å². The number of amides is 3. The molecule has 7 heteroatoms. The molecule has 0 aliphatic heterocycles. The molecular weight excluding hydrogens is 344 g/mol. The number of carbonyl (C=O) groups excluding carboxylic acids is 2. The van der Waals surface area contributed by atoms with Crippen LogP contribution >= 0.6 is 0 Å². The first kappa shape index (κ1) is 21.0. The van der Waals surface area contributed by atoms with Crippen molar-refractivity contribution >= 4 is 11.9 Å². The lowest BCUT2D eigenvalue weighted by atomic mass is 9.96. The Labute approximate surface area is 161 Å². The van der Waals surface area contributed by atoms with Gasteiger partial charge in [0.15, 0.2) is 0 Å². The number of carbonyl (C=O) groups is 2. The van der Waals surface area contributed by atoms with Crippen molar-refractivity contribution in [2.24, 2.45) is 0 Å². The molecule has 3 N–H and O–H groups in total. The molecule has 2 rings (SSSR count). The lowest BCUT2D eigenvalue weighted by molar-refractivity contribution is -0.121. The monoisotopic (exact) mass is 376 g/mol. The van der Waals surface area contributed by atoms with Crippen LogP contribution in [-0.2, 0) is 11.3 Å². The Morgan fingerprint density at radius 3 is 2.81 bits per heavy atom. The molecular formula is C20H32N4O3. The lowest BCUT2D eigenvalue weighted by Crippen LogP contribution is -2.43. The van der Waals surface area contributed by atoms with Gasteiger partial charge in [-0.1, -0.05) is 32.3 Å². The molecule has 1 aromatic heterocycles. The Bertz CT molecular complexity index is 588. The van der Waals surface area contributed by atoms with E-state index in [1.165, 1.54) is 19.3 Å². The van der Waals surface area contributed by atoms with Gasteiger partial charge in [-0.25, -0.2) is 9.78 Å². The number of rotatable bonds is 10. The Balaban J connectivity index is 1.59. The smallest absolute Gasteiger partial charge is 0.315 e. The zero-order chi connectivity index (χ0) is 19.3. The van der Waals surface area contributed by atoms with Crippen molar-refractivity contribution < 1.29 is 14.3 Å². The number of pyridine rings is 1. The SMILES string of the molecule is CCCOc1ncccc1CNC(=O)CCCNC(=O)NC1CCCCC1. The van der Waals surface area contributed by atoms with E-state index in [1.54, 1.807) is 6.20 Å². The first-order valence-corrected chi connectivity index (χ1v) is 10.1. The summed E-state index contributed by atoms with van der Waals surface area (Å²) in [5.41, 5.74) is 0.865. The molecule has 27 heavy (non-hydrogen) atoms. The van der Waals surface area contributed by atoms with Crippen LogP contribution in [0.3, 0.4) is 0 Å². The van der Waals surface area contributed by atoms with Gasteiger partial charge in [-0.15, -0.1) is 0 Å². The minimum Gasteiger partial charge on any atom is -0.477 e. The first-order chi connectivity index (χ1) is 13.2. The highest BCUT2D eigenvalue weighted by Crippen LogP contribution is 2.17. The van der Waals surface area contributed by atoms with E-state index < -0.39 is 0 Å². The van der Waals surface area contributed by atoms with Gasteiger partial charge in [-0.3, -0.25) is 4.79 Å². The molecule has 7 nitrogen and oxygen atoms in total. The van der Waals surface area contributed by atoms with Crippen LogP contribution in [0.2, 0.25) is 0 Å². The fraction of sp³-hybridized carbons (Fsp3) is 0.650. The highest BCUT2D eigenvalue weighted by Gasteiger charge is 2.15. The van der Waals surface area contributed by atoms with E-state index in [0.717, 1.165) is 24.8 Å². The van der Waals surface area contributed by atoms with Gasteiger partial charge < -0.3 is 20.7 Å². The summed E-state index contributed by atoms with van der Waals surface area (Å²) in [6.45, 7) is 3.52. The van der Waals surface area contributed by atoms with Crippen LogP contribution in [0.4, 0.5) is 4.79 Å². The molecule has 150 valence electrons. The average Bonchev–Trinajstić information content (AvgIpc) is 2.69. The van der Waals surface area contributed by atoms with Crippen LogP contribution in [0.25, 0.3) is 0 Å². The highest BCUT2D eigenvalue weighted by atomic mass is 16.5. The van der Waals surface area contributed by atoms with Crippen LogP contribution in [0.1, 0.15) is 63.9 Å². The minimum atomic E-state index is -0.129. The summed E-state index contributed by atoms with van der Waals surface area (Å²) in [7, 11) is 0. The molecule has 1 fully saturated rings. The van der Waals surface area contributed by atoms with E-state index in [1.807, 2.05) is 19.1 Å². The van der Waals surface area contributed by atoms with Crippen LogP contribution < -0.4 is 20.7 Å². The van der Waals surface area contributed by atoms with E-state index in [2.05, 4.69) is 20.9 Å². The number of hydrogen-bond acceptors (Lipinski definition) is 4. The molecule has 1 heterocycles. The maximum atomic E-state index is 12.0. The zero-order valence-electron chi connectivity index (χ0n) is 16.3. The van der Waals surface area contributed by atoms with Crippen molar-refractivity contribution in [1.82, 2.24) is 20.9 Å². The standard InChI is InChI=1S/C20H32N4O3/c1-2-14-27-19-16(8-6-12-21-19)15-23-18(25)11-7-13-22-20(26)24-17-9-4-3-5-10-17/h6,8,12,17H,2-5,7,9-11,13-15H2,1H3,(H,23,25)(H2,22,24,26). The van der Waals surface area contributed by atoms with E-state index in [4.69, 9.17) is 4.74 Å². The van der Waals surface area contributed by atoms with Gasteiger partial charge in [-0.05, 0) is 31.7 Å². The number of aromatic nitrogens is 1. The van der Waals surface area contributed by atoms with E-state index in [9.17, 15) is 9.59 Å². The fourth-order valence-electron chi connectivity index (χ4n) is 3.10. The molecule has 1 aliphatic rings. The molecule has 0 saturated heterocycles. The van der Waals surface area contributed by atoms with Crippen molar-refractivity contribution in [2.45, 2.75) is 70.9 Å². The minimum absolute atomic E-state index is 0.0465. The molecule has 0 bridgehead atoms. The van der Waals surface area contributed by atoms with E-state index in [-0.39, 0.29) is 11.9 Å². The summed E-state index contributed by atoms with van der Waals surface area (Å²) in [6.07, 6.45) is 9.33. The number of urea groups is 1. The maximum absolute atomic E-state index is 12.0. The Kier molecular flexibility index (Phi) is 9.44. The second-order valence-electron chi connectivity index (χ2n) is 6.93. The van der Waals surface area contributed by atoms with Gasteiger partial charge in [0.1, 0.15) is 0 Å². The molecule has 0 spiro atoms. The highest BCUT2D eigenvalue weighted by molar-refractivity contribution is 5.76. The van der Waals surface area contributed by atoms with Crippen LogP contribution in [0, 0.1) is 0 Å². The van der Waals surface area contributed by atoms with Crippen LogP contribution in [-0.4, -0.2) is 36.1 Å². The summed E-state index contributed by atoms with van der Waals surface area (Å²) in [6, 6.07) is 3.89. The maximum Gasteiger partial charge on any atom is 0.315 e. The topological polar surface area (TPSA) is 92.3 Å². The van der Waals surface area contributed by atoms with Gasteiger partial charge in [0.25, 0.3) is 0 Å². The summed E-state index contributed by atoms with van der Waals surface area (Å²) in [5, 5.41) is 8.72. The zero-order valence-corrected chi connectivity index (χ0v) is 16.3. The number of hydrogen-bond donors (Lipinski definition) is 3. The third-order valence-electron chi connectivity index (χ3n) is 4.58. The van der Waals surface area contributed by atoms with Crippen LogP contribution in [0.5, 0.6) is 5.88 Å². The normalized spacial score (nSPS) is 14.4. The van der Waals surface area contributed by atoms with E-state index in [0.29, 0.717) is 44.5 Å². The predicted octanol–water partition coefficient (Wildman–Crippen LogP) is 2.90. The van der Waals surface area contributed by atoms with Gasteiger partial charge in [0, 0.05) is 37.3 Å². The molecule has 1 aliphatic carbocycles. The Morgan fingerprint density at radius 1 is 1.22 bits per heavy atom. The van der Waals surface area contributed by atoms with Crippen molar-refractivity contribution in [3.63, 3.8) is 0 Å². The summed E-state index contributed by atoms with van der Waals surface area (Å²) >= 11 is 0. The number of nitrogens with zero attached hydrogens (tertiary/aromatic N) is 1. The Hall–Kier alpha value is -2.31. The third-order valence-corrected chi connectivity index (χ3v) is 4.58. The van der Waals surface area contributed by atoms with Crippen molar-refractivity contribution in [2.75, 3.05) is 13.2 Å². The quantitative estimate of drug-likeness (QED) is 0.548. The molecule has 3 amide bonds. The molecule has 1 saturated carbocycles. The van der Waals surface area contributed by atoms with Crippen molar-refractivity contribution in [3.05, 3.63) is 23.9 Å². The van der Waals surface area contributed by atoms with Crippen molar-refractivity contribution in [3.8, 4) is 5.88 Å². The number of nitrogens with one attached hydrogen (secondary N) is 3. The second-order valence-corrected chi connectivity index (χ2v) is 6.93. The second kappa shape index (κ2) is 12.1. The Morgan fingerprint density at radius 2 is 2.04 bits per heavy atom. The molecule has 0 aromatic carbocycles. The summed E-state index contributed by atoms with van der Waals surface area (Å²) in [4.78, 5) is 28.1. The predicted molar refractivity (Wildman–Crippen MR) is 105 cm³/mol. The lowest BCUT2D eigenvalue weighted by Gasteiger charge is -2.22. The summed E-state index contributed by atoms with van der Waals surface area (Å²) < 4.78 is 5.59. The first-order valence-electron chi connectivity index (χ1n) is 10.1. The van der Waals surface area contributed by atoms with Crippen molar-refractivity contribution in [1.29, 1.82) is 0 Å². The summed E-state index contributed by atoms with van der Waals surface area (Å²) in [5.74, 6) is 0.524. The largest absolute Gasteiger partial charge is 0.477 e. The molecule has 0 radical (unpaired) electrons. The molecule has 0 atom stereocenters. The third kappa shape index (κ3) is 8.28. The van der Waals surface area contributed by atoms with Gasteiger partial charge in [0.05, 0.1) is 6.61 Å². The average molecular weight is 377 g/mol. The van der Waals surface area contributed by atoms with Crippen LogP contribution in [0.15, 0.2) is 18.3 Å². The van der Waals surface area contributed by atoms with Gasteiger partial charge in [0.2, 0.25) is 11.8 Å². The van der Waals surface area contributed by atoms with E-state index >= 15 is 0 Å². The number of ether oxygens (including phenoxy) is 1. The fourth-order valence-corrected chi connectivity index (χ4v) is 3.10. The van der Waals surface area contributed by atoms with Gasteiger partial charge in [-0.2, -0.15) is 0 Å². The molecule has 1 aromatic rings.